The zero-order valence-electron chi connectivity index (χ0n) is 11.2. The van der Waals surface area contributed by atoms with Crippen molar-refractivity contribution >= 4 is 28.0 Å². The molecule has 0 saturated carbocycles. The summed E-state index contributed by atoms with van der Waals surface area (Å²) in [6.07, 6.45) is 1.94. The van der Waals surface area contributed by atoms with Crippen molar-refractivity contribution < 1.29 is 9.53 Å². The van der Waals surface area contributed by atoms with Gasteiger partial charge in [-0.25, -0.2) is 0 Å². The number of aromatic nitrogens is 1. The first-order valence-electron chi connectivity index (χ1n) is 6.46. The molecule has 0 aliphatic rings. The number of methoxy groups -OCH3 is 1. The van der Waals surface area contributed by atoms with Crippen LogP contribution in [0.3, 0.4) is 0 Å². The Morgan fingerprint density at radius 1 is 1.25 bits per heavy atom. The minimum atomic E-state index is 0.0902. The van der Waals surface area contributed by atoms with Crippen molar-refractivity contribution in [3.05, 3.63) is 58.4 Å². The van der Waals surface area contributed by atoms with Crippen LogP contribution in [0.15, 0.2) is 48.0 Å². The van der Waals surface area contributed by atoms with Crippen LogP contribution in [0.4, 0.5) is 0 Å². The molecule has 2 aromatic heterocycles. The normalized spacial score (nSPS) is 11.1. The van der Waals surface area contributed by atoms with Crippen LogP contribution < -0.4 is 0 Å². The molecule has 3 rings (SSSR count). The number of ether oxygens (including phenoxy) is 1. The summed E-state index contributed by atoms with van der Waals surface area (Å²) in [5.74, 6) is 0.0902. The predicted octanol–water partition coefficient (Wildman–Crippen LogP) is 3.58. The van der Waals surface area contributed by atoms with E-state index in [0.29, 0.717) is 6.61 Å². The molecule has 0 bridgehead atoms. The molecule has 0 spiro atoms. The van der Waals surface area contributed by atoms with Crippen molar-refractivity contribution in [2.45, 2.75) is 6.54 Å². The van der Waals surface area contributed by atoms with E-state index in [1.807, 2.05) is 48.0 Å². The molecular formula is C16H15NO2S. The molecule has 0 aliphatic heterocycles. The second-order valence-corrected chi connectivity index (χ2v) is 5.50. The number of fused-ring (bicyclic) bond motifs is 1. The molecule has 2 heterocycles. The lowest BCUT2D eigenvalue weighted by molar-refractivity contribution is 0.104. The first kappa shape index (κ1) is 13.1. The Morgan fingerprint density at radius 2 is 2.10 bits per heavy atom. The lowest BCUT2D eigenvalue weighted by atomic mass is 10.1. The highest BCUT2D eigenvalue weighted by molar-refractivity contribution is 7.12. The molecule has 1 aromatic carbocycles. The van der Waals surface area contributed by atoms with Gasteiger partial charge in [0.2, 0.25) is 5.78 Å². The van der Waals surface area contributed by atoms with Crippen LogP contribution in [-0.2, 0) is 11.3 Å². The van der Waals surface area contributed by atoms with Gasteiger partial charge in [0.25, 0.3) is 0 Å². The van der Waals surface area contributed by atoms with Crippen LogP contribution in [-0.4, -0.2) is 24.1 Å². The quantitative estimate of drug-likeness (QED) is 0.671. The number of thiophene rings is 1. The molecule has 0 N–H and O–H groups in total. The third-order valence-electron chi connectivity index (χ3n) is 3.31. The standard InChI is InChI=1S/C16H15NO2S/c1-19-9-8-17-11-13(12-5-2-3-6-14(12)17)16(18)15-7-4-10-20-15/h2-7,10-11H,8-9H2,1H3. The van der Waals surface area contributed by atoms with Crippen molar-refractivity contribution in [2.75, 3.05) is 13.7 Å². The van der Waals surface area contributed by atoms with Crippen LogP contribution in [0.2, 0.25) is 0 Å². The molecule has 0 unspecified atom stereocenters. The molecule has 0 saturated heterocycles. The number of carbonyl (C=O) groups excluding carboxylic acids is 1. The highest BCUT2D eigenvalue weighted by Gasteiger charge is 2.16. The fraction of sp³-hybridized carbons (Fsp3) is 0.188. The van der Waals surface area contributed by atoms with Gasteiger partial charge in [-0.3, -0.25) is 4.79 Å². The summed E-state index contributed by atoms with van der Waals surface area (Å²) >= 11 is 1.48. The van der Waals surface area contributed by atoms with Crippen LogP contribution in [0.1, 0.15) is 15.2 Å². The first-order chi connectivity index (χ1) is 9.81. The monoisotopic (exact) mass is 285 g/mol. The number of benzene rings is 1. The largest absolute Gasteiger partial charge is 0.383 e. The minimum absolute atomic E-state index is 0.0902. The van der Waals surface area contributed by atoms with E-state index in [1.165, 1.54) is 11.3 Å². The molecule has 4 heteroatoms. The van der Waals surface area contributed by atoms with Crippen molar-refractivity contribution in [1.82, 2.24) is 4.57 Å². The Hall–Kier alpha value is -1.91. The van der Waals surface area contributed by atoms with Gasteiger partial charge in [0.05, 0.1) is 11.5 Å². The van der Waals surface area contributed by atoms with Crippen molar-refractivity contribution in [3.8, 4) is 0 Å². The zero-order valence-corrected chi connectivity index (χ0v) is 12.0. The van der Waals surface area contributed by atoms with E-state index >= 15 is 0 Å². The molecule has 3 nitrogen and oxygen atoms in total. The Kier molecular flexibility index (Phi) is 3.67. The zero-order chi connectivity index (χ0) is 13.9. The topological polar surface area (TPSA) is 31.2 Å². The molecular weight excluding hydrogens is 270 g/mol. The van der Waals surface area contributed by atoms with Gasteiger partial charge < -0.3 is 9.30 Å². The summed E-state index contributed by atoms with van der Waals surface area (Å²) in [5, 5.41) is 2.93. The van der Waals surface area contributed by atoms with Crippen LogP contribution >= 0.6 is 11.3 Å². The maximum Gasteiger partial charge on any atom is 0.205 e. The number of nitrogens with zero attached hydrogens (tertiary/aromatic N) is 1. The number of hydrogen-bond acceptors (Lipinski definition) is 3. The molecule has 0 amide bonds. The SMILES string of the molecule is COCCn1cc(C(=O)c2cccs2)c2ccccc21. The summed E-state index contributed by atoms with van der Waals surface area (Å²) in [6, 6.07) is 11.8. The third kappa shape index (κ3) is 2.28. The van der Waals surface area contributed by atoms with E-state index < -0.39 is 0 Å². The van der Waals surface area contributed by atoms with Gasteiger partial charge in [0.1, 0.15) is 0 Å². The van der Waals surface area contributed by atoms with Crippen LogP contribution in [0.5, 0.6) is 0 Å². The summed E-state index contributed by atoms with van der Waals surface area (Å²) in [7, 11) is 1.68. The summed E-state index contributed by atoms with van der Waals surface area (Å²) < 4.78 is 7.22. The highest BCUT2D eigenvalue weighted by Crippen LogP contribution is 2.25. The van der Waals surface area contributed by atoms with Gasteiger partial charge >= 0.3 is 0 Å². The maximum atomic E-state index is 12.6. The summed E-state index contributed by atoms with van der Waals surface area (Å²) in [6.45, 7) is 1.38. The Morgan fingerprint density at radius 3 is 2.85 bits per heavy atom. The van der Waals surface area contributed by atoms with Crippen molar-refractivity contribution in [2.24, 2.45) is 0 Å². The first-order valence-corrected chi connectivity index (χ1v) is 7.34. The maximum absolute atomic E-state index is 12.6. The fourth-order valence-electron chi connectivity index (χ4n) is 2.34. The van der Waals surface area contributed by atoms with Gasteiger partial charge in [-0.1, -0.05) is 24.3 Å². The van der Waals surface area contributed by atoms with Gasteiger partial charge in [-0.05, 0) is 17.5 Å². The Bertz CT molecular complexity index is 728. The molecule has 102 valence electrons. The molecule has 0 aliphatic carbocycles. The van der Waals surface area contributed by atoms with E-state index in [-0.39, 0.29) is 5.78 Å². The van der Waals surface area contributed by atoms with Gasteiger partial charge in [-0.15, -0.1) is 11.3 Å². The van der Waals surface area contributed by atoms with Crippen molar-refractivity contribution in [1.29, 1.82) is 0 Å². The Labute approximate surface area is 121 Å². The average Bonchev–Trinajstić information content (AvgIpc) is 3.12. The van der Waals surface area contributed by atoms with E-state index in [9.17, 15) is 4.79 Å². The number of hydrogen-bond donors (Lipinski definition) is 0. The second-order valence-electron chi connectivity index (χ2n) is 4.55. The molecule has 20 heavy (non-hydrogen) atoms. The smallest absolute Gasteiger partial charge is 0.205 e. The summed E-state index contributed by atoms with van der Waals surface area (Å²) in [4.78, 5) is 13.4. The summed E-state index contributed by atoms with van der Waals surface area (Å²) in [5.41, 5.74) is 1.84. The predicted molar refractivity (Wildman–Crippen MR) is 81.6 cm³/mol. The van der Waals surface area contributed by atoms with Gasteiger partial charge in [-0.2, -0.15) is 0 Å². The number of ketones is 1. The van der Waals surface area contributed by atoms with Gasteiger partial charge in [0.15, 0.2) is 0 Å². The van der Waals surface area contributed by atoms with Gasteiger partial charge in [0, 0.05) is 36.3 Å². The number of rotatable bonds is 5. The number of carbonyl (C=O) groups is 1. The molecule has 3 aromatic rings. The number of para-hydroxylation sites is 1. The van der Waals surface area contributed by atoms with Crippen molar-refractivity contribution in [3.63, 3.8) is 0 Å². The molecule has 0 radical (unpaired) electrons. The molecule has 0 atom stereocenters. The Balaban J connectivity index is 2.09. The highest BCUT2D eigenvalue weighted by atomic mass is 32.1. The van der Waals surface area contributed by atoms with E-state index in [1.54, 1.807) is 7.11 Å². The van der Waals surface area contributed by atoms with Crippen LogP contribution in [0, 0.1) is 0 Å². The second kappa shape index (κ2) is 5.61. The van der Waals surface area contributed by atoms with E-state index in [2.05, 4.69) is 4.57 Å². The lowest BCUT2D eigenvalue weighted by Crippen LogP contribution is -2.03. The fourth-order valence-corrected chi connectivity index (χ4v) is 3.02. The molecule has 0 fully saturated rings. The third-order valence-corrected chi connectivity index (χ3v) is 4.18. The van der Waals surface area contributed by atoms with Crippen LogP contribution in [0.25, 0.3) is 10.9 Å². The van der Waals surface area contributed by atoms with E-state index in [0.717, 1.165) is 27.9 Å². The van der Waals surface area contributed by atoms with E-state index in [4.69, 9.17) is 4.74 Å². The average molecular weight is 285 g/mol. The minimum Gasteiger partial charge on any atom is -0.383 e. The lowest BCUT2D eigenvalue weighted by Gasteiger charge is -2.03.